The highest BCUT2D eigenvalue weighted by molar-refractivity contribution is 5.97. The van der Waals surface area contributed by atoms with Crippen LogP contribution in [0.2, 0.25) is 0 Å². The zero-order chi connectivity index (χ0) is 15.2. The fourth-order valence-corrected chi connectivity index (χ4v) is 1.95. The molecule has 0 radical (unpaired) electrons. The van der Waals surface area contributed by atoms with Crippen molar-refractivity contribution in [1.82, 2.24) is 15.5 Å². The number of aliphatic hydroxyl groups excluding tert-OH is 1. The van der Waals surface area contributed by atoms with Gasteiger partial charge in [0.25, 0.3) is 5.91 Å². The van der Waals surface area contributed by atoms with Crippen molar-refractivity contribution in [3.8, 4) is 11.8 Å². The van der Waals surface area contributed by atoms with E-state index in [9.17, 15) is 4.79 Å². The lowest BCUT2D eigenvalue weighted by Gasteiger charge is -2.13. The topological polar surface area (TPSA) is 78.0 Å². The molecule has 1 aromatic carbocycles. The van der Waals surface area contributed by atoms with Gasteiger partial charge in [-0.2, -0.15) is 5.10 Å². The van der Waals surface area contributed by atoms with Crippen LogP contribution in [-0.4, -0.2) is 27.8 Å². The Labute approximate surface area is 123 Å². The Balaban J connectivity index is 2.22. The molecule has 108 valence electrons. The lowest BCUT2D eigenvalue weighted by atomic mass is 10.0. The first kappa shape index (κ1) is 14.8. The number of hydrogen-bond acceptors (Lipinski definition) is 3. The van der Waals surface area contributed by atoms with E-state index in [0.29, 0.717) is 11.1 Å². The van der Waals surface area contributed by atoms with Gasteiger partial charge < -0.3 is 10.4 Å². The molecular formula is C16H17N3O2. The Kier molecular flexibility index (Phi) is 4.75. The number of H-pyrrole nitrogens is 1. The van der Waals surface area contributed by atoms with E-state index in [1.54, 1.807) is 18.5 Å². The van der Waals surface area contributed by atoms with Crippen LogP contribution in [-0.2, 0) is 0 Å². The number of carbonyl (C=O) groups is 1. The van der Waals surface area contributed by atoms with Crippen LogP contribution in [0.5, 0.6) is 0 Å². The molecule has 1 atom stereocenters. The molecule has 0 saturated carbocycles. The van der Waals surface area contributed by atoms with Crippen LogP contribution >= 0.6 is 0 Å². The zero-order valence-corrected chi connectivity index (χ0v) is 12.0. The highest BCUT2D eigenvalue weighted by atomic mass is 16.2. The normalized spacial score (nSPS) is 11.4. The van der Waals surface area contributed by atoms with Crippen LogP contribution < -0.4 is 5.32 Å². The Morgan fingerprint density at radius 1 is 1.52 bits per heavy atom. The SMILES string of the molecule is Cc1ccc(C(=O)NC(C)c2cn[nH]c2)c(C#CCO)c1. The first-order valence-electron chi connectivity index (χ1n) is 6.61. The van der Waals surface area contributed by atoms with E-state index in [-0.39, 0.29) is 18.6 Å². The van der Waals surface area contributed by atoms with Crippen molar-refractivity contribution in [1.29, 1.82) is 0 Å². The maximum atomic E-state index is 12.4. The molecule has 2 aromatic rings. The molecule has 3 N–H and O–H groups in total. The van der Waals surface area contributed by atoms with Crippen molar-refractivity contribution < 1.29 is 9.90 Å². The third-order valence-corrected chi connectivity index (χ3v) is 3.09. The van der Waals surface area contributed by atoms with E-state index in [2.05, 4.69) is 27.4 Å². The average molecular weight is 283 g/mol. The number of amides is 1. The van der Waals surface area contributed by atoms with Gasteiger partial charge in [-0.1, -0.05) is 17.9 Å². The smallest absolute Gasteiger partial charge is 0.253 e. The summed E-state index contributed by atoms with van der Waals surface area (Å²) in [7, 11) is 0. The molecule has 0 saturated heterocycles. The van der Waals surface area contributed by atoms with Gasteiger partial charge in [0.2, 0.25) is 0 Å². The van der Waals surface area contributed by atoms with Gasteiger partial charge in [0.1, 0.15) is 6.61 Å². The molecule has 0 aliphatic carbocycles. The number of aryl methyl sites for hydroxylation is 1. The molecule has 5 nitrogen and oxygen atoms in total. The molecule has 5 heteroatoms. The van der Waals surface area contributed by atoms with Gasteiger partial charge in [-0.3, -0.25) is 9.89 Å². The molecule has 0 fully saturated rings. The number of hydrogen-bond donors (Lipinski definition) is 3. The van der Waals surface area contributed by atoms with E-state index < -0.39 is 0 Å². The van der Waals surface area contributed by atoms with Crippen molar-refractivity contribution in [3.05, 3.63) is 52.8 Å². The van der Waals surface area contributed by atoms with Gasteiger partial charge in [-0.05, 0) is 31.5 Å². The van der Waals surface area contributed by atoms with Gasteiger partial charge in [0, 0.05) is 17.3 Å². The van der Waals surface area contributed by atoms with Crippen molar-refractivity contribution in [2.75, 3.05) is 6.61 Å². The van der Waals surface area contributed by atoms with E-state index in [1.807, 2.05) is 26.0 Å². The molecule has 0 aliphatic heterocycles. The van der Waals surface area contributed by atoms with Crippen LogP contribution in [0, 0.1) is 18.8 Å². The molecule has 0 bridgehead atoms. The third-order valence-electron chi connectivity index (χ3n) is 3.09. The van der Waals surface area contributed by atoms with E-state index in [1.165, 1.54) is 0 Å². The Morgan fingerprint density at radius 3 is 3.00 bits per heavy atom. The molecule has 0 aliphatic rings. The maximum Gasteiger partial charge on any atom is 0.253 e. The average Bonchev–Trinajstić information content (AvgIpc) is 2.99. The van der Waals surface area contributed by atoms with Crippen molar-refractivity contribution in [2.24, 2.45) is 0 Å². The second-order valence-electron chi connectivity index (χ2n) is 4.74. The summed E-state index contributed by atoms with van der Waals surface area (Å²) in [6.07, 6.45) is 3.42. The monoisotopic (exact) mass is 283 g/mol. The largest absolute Gasteiger partial charge is 0.384 e. The number of benzene rings is 1. The zero-order valence-electron chi connectivity index (χ0n) is 12.0. The predicted molar refractivity (Wildman–Crippen MR) is 79.6 cm³/mol. The quantitative estimate of drug-likeness (QED) is 0.748. The lowest BCUT2D eigenvalue weighted by Crippen LogP contribution is -2.27. The predicted octanol–water partition coefficient (Wildman–Crippen LogP) is 1.55. The number of aromatic nitrogens is 2. The summed E-state index contributed by atoms with van der Waals surface area (Å²) in [4.78, 5) is 12.4. The van der Waals surface area contributed by atoms with Crippen LogP contribution in [0.3, 0.4) is 0 Å². The number of carbonyl (C=O) groups excluding carboxylic acids is 1. The highest BCUT2D eigenvalue weighted by Crippen LogP contribution is 2.14. The summed E-state index contributed by atoms with van der Waals surface area (Å²) in [5.41, 5.74) is 3.02. The number of nitrogens with one attached hydrogen (secondary N) is 2. The molecule has 2 rings (SSSR count). The first-order chi connectivity index (χ1) is 10.1. The Hall–Kier alpha value is -2.58. The minimum absolute atomic E-state index is 0.156. The van der Waals surface area contributed by atoms with Crippen molar-refractivity contribution in [2.45, 2.75) is 19.9 Å². The molecule has 1 heterocycles. The molecule has 1 amide bonds. The number of nitrogens with zero attached hydrogens (tertiary/aromatic N) is 1. The molecule has 1 unspecified atom stereocenters. The second-order valence-corrected chi connectivity index (χ2v) is 4.74. The molecule has 21 heavy (non-hydrogen) atoms. The van der Waals surface area contributed by atoms with Crippen LogP contribution in [0.4, 0.5) is 0 Å². The number of aliphatic hydroxyl groups is 1. The van der Waals surface area contributed by atoms with Crippen molar-refractivity contribution >= 4 is 5.91 Å². The Bertz CT molecular complexity index is 681. The second kappa shape index (κ2) is 6.73. The first-order valence-corrected chi connectivity index (χ1v) is 6.61. The van der Waals surface area contributed by atoms with Gasteiger partial charge in [-0.25, -0.2) is 0 Å². The standard InChI is InChI=1S/C16H17N3O2/c1-11-5-6-15(13(8-11)4-3-7-20)16(21)19-12(2)14-9-17-18-10-14/h5-6,8-10,12,20H,7H2,1-2H3,(H,17,18)(H,19,21). The van der Waals surface area contributed by atoms with Gasteiger partial charge >= 0.3 is 0 Å². The Morgan fingerprint density at radius 2 is 2.33 bits per heavy atom. The van der Waals surface area contributed by atoms with E-state index in [0.717, 1.165) is 11.1 Å². The lowest BCUT2D eigenvalue weighted by molar-refractivity contribution is 0.0939. The summed E-state index contributed by atoms with van der Waals surface area (Å²) in [6, 6.07) is 5.28. The van der Waals surface area contributed by atoms with Gasteiger partial charge in [-0.15, -0.1) is 0 Å². The number of aromatic amines is 1. The summed E-state index contributed by atoms with van der Waals surface area (Å²) < 4.78 is 0. The summed E-state index contributed by atoms with van der Waals surface area (Å²) in [6.45, 7) is 3.58. The fourth-order valence-electron chi connectivity index (χ4n) is 1.95. The maximum absolute atomic E-state index is 12.4. The van der Waals surface area contributed by atoms with Gasteiger partial charge in [0.15, 0.2) is 0 Å². The summed E-state index contributed by atoms with van der Waals surface area (Å²) >= 11 is 0. The third kappa shape index (κ3) is 3.71. The summed E-state index contributed by atoms with van der Waals surface area (Å²) in [5.74, 6) is 5.19. The highest BCUT2D eigenvalue weighted by Gasteiger charge is 2.14. The van der Waals surface area contributed by atoms with E-state index >= 15 is 0 Å². The molecule has 0 spiro atoms. The molecular weight excluding hydrogens is 266 g/mol. The number of rotatable bonds is 3. The summed E-state index contributed by atoms with van der Waals surface area (Å²) in [5, 5.41) is 18.3. The minimum atomic E-state index is -0.236. The van der Waals surface area contributed by atoms with Crippen LogP contribution in [0.1, 0.15) is 40.0 Å². The molecule has 1 aromatic heterocycles. The van der Waals surface area contributed by atoms with Crippen LogP contribution in [0.15, 0.2) is 30.6 Å². The fraction of sp³-hybridized carbons (Fsp3) is 0.250. The van der Waals surface area contributed by atoms with Gasteiger partial charge in [0.05, 0.1) is 17.8 Å². The van der Waals surface area contributed by atoms with Crippen molar-refractivity contribution in [3.63, 3.8) is 0 Å². The van der Waals surface area contributed by atoms with Crippen LogP contribution in [0.25, 0.3) is 0 Å². The van der Waals surface area contributed by atoms with E-state index in [4.69, 9.17) is 5.11 Å². The minimum Gasteiger partial charge on any atom is -0.384 e.